The second-order valence-electron chi connectivity index (χ2n) is 8.61. The molecule has 2 aliphatic heterocycles. The first-order chi connectivity index (χ1) is 14.4. The fourth-order valence-electron chi connectivity index (χ4n) is 4.85. The maximum Gasteiger partial charge on any atom is 0.339 e. The number of amides is 3. The normalized spacial score (nSPS) is 20.7. The van der Waals surface area contributed by atoms with Gasteiger partial charge in [-0.05, 0) is 50.3 Å². The topological polar surface area (TPSA) is 92.1 Å². The number of carbonyl (C=O) groups excluding carboxylic acids is 2. The van der Waals surface area contributed by atoms with Crippen LogP contribution in [0.1, 0.15) is 30.9 Å². The monoisotopic (exact) mass is 411 g/mol. The maximum absolute atomic E-state index is 12.8. The Hall–Kier alpha value is -3.03. The van der Waals surface area contributed by atoms with Gasteiger partial charge in [-0.1, -0.05) is 0 Å². The minimum absolute atomic E-state index is 0.105. The Morgan fingerprint density at radius 3 is 2.63 bits per heavy atom. The number of benzene rings is 1. The molecule has 1 N–H and O–H groups in total. The average molecular weight is 411 g/mol. The fraction of sp³-hybridized carbons (Fsp3) is 0.500. The van der Waals surface area contributed by atoms with Gasteiger partial charge < -0.3 is 24.3 Å². The summed E-state index contributed by atoms with van der Waals surface area (Å²) in [6.45, 7) is 3.25. The smallest absolute Gasteiger partial charge is 0.339 e. The van der Waals surface area contributed by atoms with Gasteiger partial charge in [0.05, 0.1) is 5.54 Å². The first-order valence-corrected chi connectivity index (χ1v) is 10.4. The molecule has 1 atom stereocenters. The van der Waals surface area contributed by atoms with Gasteiger partial charge in [-0.15, -0.1) is 0 Å². The van der Waals surface area contributed by atoms with Gasteiger partial charge in [0.25, 0.3) is 5.91 Å². The molecule has 30 heavy (non-hydrogen) atoms. The molecule has 158 valence electrons. The number of nitrogens with one attached hydrogen (secondary N) is 1. The number of carbonyl (C=O) groups is 2. The van der Waals surface area contributed by atoms with Gasteiger partial charge in [-0.25, -0.2) is 9.59 Å². The lowest BCUT2D eigenvalue weighted by atomic mass is 9.89. The molecule has 2 aromatic rings. The van der Waals surface area contributed by atoms with E-state index < -0.39 is 6.10 Å². The van der Waals surface area contributed by atoms with Crippen molar-refractivity contribution in [3.63, 3.8) is 0 Å². The van der Waals surface area contributed by atoms with Gasteiger partial charge in [0.1, 0.15) is 11.3 Å². The number of urea groups is 1. The number of fused-ring (bicyclic) bond motifs is 3. The van der Waals surface area contributed by atoms with E-state index in [0.717, 1.165) is 42.2 Å². The molecule has 0 radical (unpaired) electrons. The van der Waals surface area contributed by atoms with E-state index in [4.69, 9.17) is 9.15 Å². The second kappa shape index (κ2) is 6.75. The molecule has 0 saturated carbocycles. The molecule has 2 fully saturated rings. The van der Waals surface area contributed by atoms with Crippen molar-refractivity contribution < 1.29 is 18.7 Å². The van der Waals surface area contributed by atoms with E-state index in [0.29, 0.717) is 31.0 Å². The van der Waals surface area contributed by atoms with Crippen LogP contribution in [-0.2, 0) is 17.6 Å². The third kappa shape index (κ3) is 2.85. The Morgan fingerprint density at radius 2 is 1.93 bits per heavy atom. The van der Waals surface area contributed by atoms with Crippen molar-refractivity contribution in [2.24, 2.45) is 0 Å². The van der Waals surface area contributed by atoms with Crippen molar-refractivity contribution in [3.05, 3.63) is 39.7 Å². The van der Waals surface area contributed by atoms with Gasteiger partial charge in [-0.2, -0.15) is 0 Å². The van der Waals surface area contributed by atoms with Crippen LogP contribution in [0, 0.1) is 0 Å². The van der Waals surface area contributed by atoms with E-state index in [9.17, 15) is 14.4 Å². The molecule has 0 bridgehead atoms. The third-order valence-electron chi connectivity index (χ3n) is 6.72. The lowest BCUT2D eigenvalue weighted by Gasteiger charge is -2.50. The molecule has 1 aliphatic carbocycles. The minimum Gasteiger partial charge on any atom is -0.481 e. The molecule has 8 heteroatoms. The quantitative estimate of drug-likeness (QED) is 0.776. The Labute approximate surface area is 173 Å². The lowest BCUT2D eigenvalue weighted by Crippen LogP contribution is -2.71. The number of rotatable bonds is 3. The van der Waals surface area contributed by atoms with Gasteiger partial charge >= 0.3 is 11.7 Å². The van der Waals surface area contributed by atoms with Crippen LogP contribution in [0.15, 0.2) is 27.4 Å². The molecule has 5 rings (SSSR count). The zero-order valence-corrected chi connectivity index (χ0v) is 17.2. The first kappa shape index (κ1) is 19.0. The highest BCUT2D eigenvalue weighted by atomic mass is 16.5. The van der Waals surface area contributed by atoms with E-state index in [1.165, 1.54) is 0 Å². The average Bonchev–Trinajstić information content (AvgIpc) is 3.01. The van der Waals surface area contributed by atoms with Crippen LogP contribution in [0.4, 0.5) is 4.79 Å². The van der Waals surface area contributed by atoms with Crippen LogP contribution in [0.2, 0.25) is 0 Å². The highest BCUT2D eigenvalue weighted by molar-refractivity contribution is 5.85. The van der Waals surface area contributed by atoms with E-state index >= 15 is 0 Å². The molecule has 1 aromatic heterocycles. The van der Waals surface area contributed by atoms with Gasteiger partial charge in [0.15, 0.2) is 6.10 Å². The number of nitrogens with zero attached hydrogens (tertiary/aromatic N) is 2. The van der Waals surface area contributed by atoms with Gasteiger partial charge in [0.2, 0.25) is 0 Å². The SMILES string of the molecule is CC(Oc1ccc2c3c(c(=O)oc2c1)CCCC3)C(=O)N1CC2(CNC(=O)N2C)C1. The Morgan fingerprint density at radius 1 is 1.20 bits per heavy atom. The standard InChI is InChI=1S/C22H25N3O5/c1-13(19(26)25-11-22(12-25)10-23-21(28)24(22)2)29-14-7-8-16-15-5-3-4-6-17(15)20(27)30-18(16)9-14/h7-9,13H,3-6,10-12H2,1-2H3,(H,23,28). The van der Waals surface area contributed by atoms with E-state index in [1.54, 1.807) is 29.8 Å². The van der Waals surface area contributed by atoms with Crippen LogP contribution in [-0.4, -0.2) is 60.1 Å². The van der Waals surface area contributed by atoms with Crippen LogP contribution in [0.3, 0.4) is 0 Å². The van der Waals surface area contributed by atoms with Crippen molar-refractivity contribution in [1.29, 1.82) is 0 Å². The van der Waals surface area contributed by atoms with Crippen molar-refractivity contribution >= 4 is 22.9 Å². The van der Waals surface area contributed by atoms with Crippen molar-refractivity contribution in [1.82, 2.24) is 15.1 Å². The minimum atomic E-state index is -0.681. The van der Waals surface area contributed by atoms with Crippen LogP contribution < -0.4 is 15.7 Å². The Bertz CT molecular complexity index is 1100. The number of ether oxygens (including phenoxy) is 1. The number of hydrogen-bond donors (Lipinski definition) is 1. The number of aryl methyl sites for hydroxylation is 1. The molecule has 1 spiro atoms. The number of likely N-dealkylation sites (tertiary alicyclic amines) is 1. The van der Waals surface area contributed by atoms with Gasteiger partial charge in [-0.3, -0.25) is 4.79 Å². The zero-order chi connectivity index (χ0) is 21.0. The van der Waals surface area contributed by atoms with E-state index in [-0.39, 0.29) is 23.1 Å². The van der Waals surface area contributed by atoms with E-state index in [2.05, 4.69) is 5.32 Å². The highest BCUT2D eigenvalue weighted by Crippen LogP contribution is 2.32. The van der Waals surface area contributed by atoms with Crippen molar-refractivity contribution in [2.45, 2.75) is 44.2 Å². The summed E-state index contributed by atoms with van der Waals surface area (Å²) in [5.74, 6) is 0.368. The number of likely N-dealkylation sites (N-methyl/N-ethyl adjacent to an activating group) is 1. The molecule has 1 unspecified atom stereocenters. The molecular formula is C22H25N3O5. The summed E-state index contributed by atoms with van der Waals surface area (Å²) in [5, 5.41) is 3.76. The molecule has 1 aromatic carbocycles. The lowest BCUT2D eigenvalue weighted by molar-refractivity contribution is -0.148. The summed E-state index contributed by atoms with van der Waals surface area (Å²) < 4.78 is 11.4. The molecule has 2 saturated heterocycles. The predicted octanol–water partition coefficient (Wildman–Crippen LogP) is 1.68. The van der Waals surface area contributed by atoms with Crippen molar-refractivity contribution in [3.8, 4) is 5.75 Å². The highest BCUT2D eigenvalue weighted by Gasteiger charge is 2.54. The zero-order valence-electron chi connectivity index (χ0n) is 17.2. The molecule has 3 heterocycles. The summed E-state index contributed by atoms with van der Waals surface area (Å²) in [4.78, 5) is 40.2. The largest absolute Gasteiger partial charge is 0.481 e. The molecule has 3 aliphatic rings. The molecule has 8 nitrogen and oxygen atoms in total. The Kier molecular flexibility index (Phi) is 4.27. The first-order valence-electron chi connectivity index (χ1n) is 10.4. The fourth-order valence-corrected chi connectivity index (χ4v) is 4.85. The maximum atomic E-state index is 12.8. The number of hydrogen-bond acceptors (Lipinski definition) is 5. The summed E-state index contributed by atoms with van der Waals surface area (Å²) in [7, 11) is 1.76. The summed E-state index contributed by atoms with van der Waals surface area (Å²) >= 11 is 0. The van der Waals surface area contributed by atoms with Crippen LogP contribution in [0.5, 0.6) is 5.75 Å². The Balaban J connectivity index is 1.30. The predicted molar refractivity (Wildman–Crippen MR) is 110 cm³/mol. The van der Waals surface area contributed by atoms with Crippen LogP contribution in [0.25, 0.3) is 11.0 Å². The van der Waals surface area contributed by atoms with Crippen molar-refractivity contribution in [2.75, 3.05) is 26.7 Å². The third-order valence-corrected chi connectivity index (χ3v) is 6.72. The van der Waals surface area contributed by atoms with E-state index in [1.807, 2.05) is 12.1 Å². The molecule has 3 amide bonds. The van der Waals surface area contributed by atoms with Gasteiger partial charge in [0, 0.05) is 43.7 Å². The molecular weight excluding hydrogens is 386 g/mol. The summed E-state index contributed by atoms with van der Waals surface area (Å²) in [5.41, 5.74) is 1.80. The summed E-state index contributed by atoms with van der Waals surface area (Å²) in [6.07, 6.45) is 3.06. The second-order valence-corrected chi connectivity index (χ2v) is 8.61. The summed E-state index contributed by atoms with van der Waals surface area (Å²) in [6, 6.07) is 5.33. The van der Waals surface area contributed by atoms with Crippen LogP contribution >= 0.6 is 0 Å².